The number of aromatic nitrogens is 2. The number of nitrogens with one attached hydrogen (secondary N) is 1. The minimum atomic E-state index is 0.765. The number of benzene rings is 2. The summed E-state index contributed by atoms with van der Waals surface area (Å²) >= 11 is 7.71. The van der Waals surface area contributed by atoms with Gasteiger partial charge in [-0.2, -0.15) is 0 Å². The lowest BCUT2D eigenvalue weighted by Crippen LogP contribution is -2.07. The van der Waals surface area contributed by atoms with E-state index in [4.69, 9.17) is 21.6 Å². The molecule has 0 spiro atoms. The molecular weight excluding hydrogens is 374 g/mol. The first-order chi connectivity index (χ1) is 13.2. The van der Waals surface area contributed by atoms with Gasteiger partial charge in [-0.3, -0.25) is 0 Å². The molecule has 0 aliphatic rings. The topological polar surface area (TPSA) is 37.8 Å². The van der Waals surface area contributed by atoms with Crippen LogP contribution in [0, 0.1) is 0 Å². The monoisotopic (exact) mass is 393 g/mol. The van der Waals surface area contributed by atoms with Gasteiger partial charge in [-0.05, 0) is 36.6 Å². The Hall–Kier alpha value is -2.43. The summed E-state index contributed by atoms with van der Waals surface area (Å²) in [5.74, 6) is 1.67. The Kier molecular flexibility index (Phi) is 5.37. The van der Waals surface area contributed by atoms with Gasteiger partial charge in [0.1, 0.15) is 10.6 Å². The largest absolute Gasteiger partial charge is 0.369 e. The lowest BCUT2D eigenvalue weighted by Gasteiger charge is -2.09. The molecule has 0 saturated carbocycles. The predicted octanol–water partition coefficient (Wildman–Crippen LogP) is 6.23. The smallest absolute Gasteiger partial charge is 0.163 e. The van der Waals surface area contributed by atoms with Crippen molar-refractivity contribution < 1.29 is 0 Å². The minimum Gasteiger partial charge on any atom is -0.369 e. The van der Waals surface area contributed by atoms with Gasteiger partial charge < -0.3 is 5.32 Å². The van der Waals surface area contributed by atoms with Gasteiger partial charge in [0.25, 0.3) is 0 Å². The van der Waals surface area contributed by atoms with Crippen molar-refractivity contribution in [3.05, 3.63) is 76.1 Å². The van der Waals surface area contributed by atoms with E-state index in [0.29, 0.717) is 0 Å². The third-order valence-corrected chi connectivity index (χ3v) is 5.87. The maximum Gasteiger partial charge on any atom is 0.163 e. The summed E-state index contributed by atoms with van der Waals surface area (Å²) < 4.78 is 0. The average Bonchev–Trinajstić information content (AvgIpc) is 3.13. The van der Waals surface area contributed by atoms with E-state index in [0.717, 1.165) is 51.8 Å². The van der Waals surface area contributed by atoms with Crippen LogP contribution < -0.4 is 5.32 Å². The molecule has 0 saturated heterocycles. The van der Waals surface area contributed by atoms with E-state index in [1.54, 1.807) is 11.3 Å². The van der Waals surface area contributed by atoms with Crippen LogP contribution in [0.25, 0.3) is 21.6 Å². The van der Waals surface area contributed by atoms with Crippen LogP contribution in [0.3, 0.4) is 0 Å². The highest BCUT2D eigenvalue weighted by molar-refractivity contribution is 7.18. The Bertz CT molecular complexity index is 1040. The van der Waals surface area contributed by atoms with Gasteiger partial charge in [0, 0.05) is 22.0 Å². The van der Waals surface area contributed by atoms with Gasteiger partial charge >= 0.3 is 0 Å². The third-order valence-electron chi connectivity index (χ3n) is 4.44. The number of hydrogen-bond acceptors (Lipinski definition) is 4. The molecule has 2 aromatic carbocycles. The molecule has 3 nitrogen and oxygen atoms in total. The summed E-state index contributed by atoms with van der Waals surface area (Å²) in [7, 11) is 0. The van der Waals surface area contributed by atoms with Crippen molar-refractivity contribution >= 4 is 39.0 Å². The summed E-state index contributed by atoms with van der Waals surface area (Å²) in [6, 6.07) is 20.3. The Morgan fingerprint density at radius 1 is 1.00 bits per heavy atom. The molecule has 0 amide bonds. The number of nitrogens with zero attached hydrogens (tertiary/aromatic N) is 2. The van der Waals surface area contributed by atoms with E-state index in [9.17, 15) is 0 Å². The normalized spacial score (nSPS) is 11.0. The molecule has 1 N–H and O–H groups in total. The minimum absolute atomic E-state index is 0.765. The number of halogens is 1. The van der Waals surface area contributed by atoms with Crippen LogP contribution in [0.5, 0.6) is 0 Å². The van der Waals surface area contributed by atoms with E-state index < -0.39 is 0 Å². The van der Waals surface area contributed by atoms with Crippen molar-refractivity contribution in [3.8, 4) is 11.4 Å². The van der Waals surface area contributed by atoms with E-state index in [-0.39, 0.29) is 0 Å². The summed E-state index contributed by atoms with van der Waals surface area (Å²) in [5.41, 5.74) is 2.28. The number of rotatable bonds is 6. The lowest BCUT2D eigenvalue weighted by atomic mass is 10.1. The van der Waals surface area contributed by atoms with Gasteiger partial charge in [-0.25, -0.2) is 9.97 Å². The van der Waals surface area contributed by atoms with E-state index >= 15 is 0 Å². The Morgan fingerprint density at radius 3 is 2.52 bits per heavy atom. The van der Waals surface area contributed by atoms with Crippen LogP contribution in [0.1, 0.15) is 17.4 Å². The molecule has 5 heteroatoms. The standard InChI is InChI=1S/C22H20ClN3S/c1-2-18-14-19-21(24-13-12-15-8-10-17(23)11-9-15)25-20(26-22(19)27-18)16-6-4-3-5-7-16/h3-11,14H,2,12-13H2,1H3,(H,24,25,26). The second-order valence-electron chi connectivity index (χ2n) is 6.35. The highest BCUT2D eigenvalue weighted by Crippen LogP contribution is 2.31. The second kappa shape index (κ2) is 8.07. The molecule has 0 radical (unpaired) electrons. The van der Waals surface area contributed by atoms with Gasteiger partial charge in [0.05, 0.1) is 5.39 Å². The van der Waals surface area contributed by atoms with Crippen LogP contribution in [0.15, 0.2) is 60.7 Å². The van der Waals surface area contributed by atoms with Crippen LogP contribution in [0.2, 0.25) is 5.02 Å². The third kappa shape index (κ3) is 4.12. The Balaban J connectivity index is 1.63. The summed E-state index contributed by atoms with van der Waals surface area (Å²) in [4.78, 5) is 12.0. The molecule has 0 aliphatic carbocycles. The summed E-state index contributed by atoms with van der Waals surface area (Å²) in [5, 5.41) is 5.39. The average molecular weight is 394 g/mol. The number of anilines is 1. The molecule has 0 fully saturated rings. The van der Waals surface area contributed by atoms with E-state index in [1.807, 2.05) is 42.5 Å². The molecule has 0 aliphatic heterocycles. The zero-order valence-electron chi connectivity index (χ0n) is 15.1. The number of aryl methyl sites for hydroxylation is 1. The number of thiophene rings is 1. The molecule has 0 bridgehead atoms. The fourth-order valence-corrected chi connectivity index (χ4v) is 4.07. The van der Waals surface area contributed by atoms with E-state index in [2.05, 4.69) is 30.4 Å². The predicted molar refractivity (Wildman–Crippen MR) is 116 cm³/mol. The Morgan fingerprint density at radius 2 is 1.78 bits per heavy atom. The van der Waals surface area contributed by atoms with Crippen molar-refractivity contribution in [2.24, 2.45) is 0 Å². The first kappa shape index (κ1) is 18.0. The van der Waals surface area contributed by atoms with Crippen LogP contribution >= 0.6 is 22.9 Å². The van der Waals surface area contributed by atoms with Crippen LogP contribution in [-0.4, -0.2) is 16.5 Å². The van der Waals surface area contributed by atoms with Crippen LogP contribution in [-0.2, 0) is 12.8 Å². The van der Waals surface area contributed by atoms with Crippen LogP contribution in [0.4, 0.5) is 5.82 Å². The van der Waals surface area contributed by atoms with Crippen molar-refractivity contribution in [1.82, 2.24) is 9.97 Å². The SMILES string of the molecule is CCc1cc2c(NCCc3ccc(Cl)cc3)nc(-c3ccccc3)nc2s1. The summed E-state index contributed by atoms with van der Waals surface area (Å²) in [6.07, 6.45) is 1.92. The highest BCUT2D eigenvalue weighted by atomic mass is 35.5. The lowest BCUT2D eigenvalue weighted by molar-refractivity contribution is 1.01. The van der Waals surface area contributed by atoms with Crippen molar-refractivity contribution in [3.63, 3.8) is 0 Å². The second-order valence-corrected chi connectivity index (χ2v) is 7.90. The van der Waals surface area contributed by atoms with E-state index in [1.165, 1.54) is 10.4 Å². The van der Waals surface area contributed by atoms with Gasteiger partial charge in [-0.15, -0.1) is 11.3 Å². The molecule has 4 rings (SSSR count). The first-order valence-electron chi connectivity index (χ1n) is 9.07. The first-order valence-corrected chi connectivity index (χ1v) is 10.3. The highest BCUT2D eigenvalue weighted by Gasteiger charge is 2.12. The summed E-state index contributed by atoms with van der Waals surface area (Å²) in [6.45, 7) is 2.98. The number of fused-ring (bicyclic) bond motifs is 1. The molecule has 2 aromatic heterocycles. The molecule has 4 aromatic rings. The molecule has 136 valence electrons. The maximum absolute atomic E-state index is 5.97. The zero-order chi connectivity index (χ0) is 18.6. The maximum atomic E-state index is 5.97. The van der Waals surface area contributed by atoms with Crippen molar-refractivity contribution in [2.45, 2.75) is 19.8 Å². The molecule has 0 atom stereocenters. The zero-order valence-corrected chi connectivity index (χ0v) is 16.6. The molecule has 0 unspecified atom stereocenters. The Labute approximate surface area is 168 Å². The number of hydrogen-bond donors (Lipinski definition) is 1. The fourth-order valence-electron chi connectivity index (χ4n) is 2.97. The fraction of sp³-hybridized carbons (Fsp3) is 0.182. The molecular formula is C22H20ClN3S. The molecule has 2 heterocycles. The van der Waals surface area contributed by atoms with Gasteiger partial charge in [-0.1, -0.05) is 61.0 Å². The van der Waals surface area contributed by atoms with Gasteiger partial charge in [0.15, 0.2) is 5.82 Å². The molecule has 27 heavy (non-hydrogen) atoms. The quantitative estimate of drug-likeness (QED) is 0.422. The van der Waals surface area contributed by atoms with Crippen molar-refractivity contribution in [2.75, 3.05) is 11.9 Å². The van der Waals surface area contributed by atoms with Crippen molar-refractivity contribution in [1.29, 1.82) is 0 Å². The van der Waals surface area contributed by atoms with Gasteiger partial charge in [0.2, 0.25) is 0 Å².